The molecule has 0 rings (SSSR count). The van der Waals surface area contributed by atoms with Crippen LogP contribution in [0.2, 0.25) is 0 Å². The second-order valence-corrected chi connectivity index (χ2v) is 1.22. The van der Waals surface area contributed by atoms with E-state index in [0.717, 1.165) is 0 Å². The van der Waals surface area contributed by atoms with Crippen molar-refractivity contribution in [1.82, 2.24) is 5.01 Å². The van der Waals surface area contributed by atoms with Gasteiger partial charge in [-0.05, 0) is 0 Å². The van der Waals surface area contributed by atoms with Gasteiger partial charge in [-0.2, -0.15) is 0 Å². The monoisotopic (exact) mass is 116 g/mol. The van der Waals surface area contributed by atoms with Gasteiger partial charge in [0.05, 0.1) is 6.54 Å². The van der Waals surface area contributed by atoms with Crippen LogP contribution in [0.1, 0.15) is 0 Å². The van der Waals surface area contributed by atoms with Crippen molar-refractivity contribution in [2.45, 2.75) is 0 Å². The molecule has 0 aliphatic rings. The van der Waals surface area contributed by atoms with Crippen LogP contribution in [-0.4, -0.2) is 22.8 Å². The molecule has 0 aliphatic heterocycles. The van der Waals surface area contributed by atoms with Crippen molar-refractivity contribution in [1.29, 1.82) is 0 Å². The van der Waals surface area contributed by atoms with Crippen LogP contribution < -0.4 is 5.84 Å². The lowest BCUT2D eigenvalue weighted by molar-refractivity contribution is 0.151. The summed E-state index contributed by atoms with van der Waals surface area (Å²) in [5.74, 6) is 4.89. The first kappa shape index (κ1) is 6.97. The zero-order valence-electron chi connectivity index (χ0n) is 4.37. The molecule has 1 amide bonds. The fourth-order valence-electron chi connectivity index (χ4n) is 0.217. The van der Waals surface area contributed by atoms with Crippen LogP contribution >= 0.6 is 0 Å². The molecule has 0 aromatic heterocycles. The van der Waals surface area contributed by atoms with Crippen molar-refractivity contribution in [2.24, 2.45) is 5.84 Å². The summed E-state index contributed by atoms with van der Waals surface area (Å²) in [6.07, 6.45) is 0.263. The van der Waals surface area contributed by atoms with E-state index in [1.165, 1.54) is 6.08 Å². The summed E-state index contributed by atoms with van der Waals surface area (Å²) in [5, 5.41) is 8.71. The van der Waals surface area contributed by atoms with E-state index in [9.17, 15) is 4.79 Å². The quantitative estimate of drug-likeness (QED) is 0.231. The highest BCUT2D eigenvalue weighted by molar-refractivity contribution is 5.64. The highest BCUT2D eigenvalue weighted by atomic mass is 16.4. The lowest BCUT2D eigenvalue weighted by Gasteiger charge is -2.06. The molecule has 0 aromatic rings. The smallest absolute Gasteiger partial charge is 0.421 e. The van der Waals surface area contributed by atoms with Crippen molar-refractivity contribution in [3.05, 3.63) is 12.7 Å². The molecule has 0 fully saturated rings. The highest BCUT2D eigenvalue weighted by Crippen LogP contribution is 1.76. The predicted octanol–water partition coefficient (Wildman–Crippen LogP) is 0.0261. The molecule has 0 saturated carbocycles. The normalized spacial score (nSPS) is 8.12. The Morgan fingerprint density at radius 1 is 2.00 bits per heavy atom. The number of hydrogen-bond acceptors (Lipinski definition) is 2. The summed E-state index contributed by atoms with van der Waals surface area (Å²) in [4.78, 5) is 9.84. The summed E-state index contributed by atoms with van der Waals surface area (Å²) in [6.45, 7) is 3.46. The standard InChI is InChI=1S/C4H8N2O2/c1-2-3-6(5)4(7)8/h2H,1,3,5H2,(H,7,8). The third kappa shape index (κ3) is 2.20. The molecule has 0 aromatic carbocycles. The fourth-order valence-corrected chi connectivity index (χ4v) is 0.217. The van der Waals surface area contributed by atoms with Gasteiger partial charge in [0, 0.05) is 0 Å². The molecule has 0 saturated heterocycles. The maximum absolute atomic E-state index is 9.84. The molecule has 0 heterocycles. The lowest BCUT2D eigenvalue weighted by Crippen LogP contribution is -2.35. The average molecular weight is 116 g/mol. The van der Waals surface area contributed by atoms with Gasteiger partial charge in [-0.1, -0.05) is 6.08 Å². The predicted molar refractivity (Wildman–Crippen MR) is 29.1 cm³/mol. The highest BCUT2D eigenvalue weighted by Gasteiger charge is 2.00. The third-order valence-electron chi connectivity index (χ3n) is 0.571. The zero-order chi connectivity index (χ0) is 6.57. The van der Waals surface area contributed by atoms with Gasteiger partial charge < -0.3 is 5.11 Å². The minimum Gasteiger partial charge on any atom is -0.464 e. The van der Waals surface area contributed by atoms with Crippen LogP contribution in [-0.2, 0) is 0 Å². The Bertz CT molecular complexity index is 102. The van der Waals surface area contributed by atoms with Crippen molar-refractivity contribution >= 4 is 6.09 Å². The van der Waals surface area contributed by atoms with Crippen LogP contribution in [0.5, 0.6) is 0 Å². The number of hydrazine groups is 1. The van der Waals surface area contributed by atoms with E-state index >= 15 is 0 Å². The average Bonchev–Trinajstić information content (AvgIpc) is 1.67. The third-order valence-corrected chi connectivity index (χ3v) is 0.571. The largest absolute Gasteiger partial charge is 0.464 e. The summed E-state index contributed by atoms with van der Waals surface area (Å²) >= 11 is 0. The Hall–Kier alpha value is -1.03. The molecular formula is C4H8N2O2. The molecule has 0 aliphatic carbocycles. The number of amides is 1. The number of nitrogens with two attached hydrogens (primary N) is 1. The van der Waals surface area contributed by atoms with Gasteiger partial charge in [0.15, 0.2) is 0 Å². The Morgan fingerprint density at radius 2 is 2.50 bits per heavy atom. The molecule has 0 atom stereocenters. The molecule has 4 nitrogen and oxygen atoms in total. The number of carbonyl (C=O) groups is 1. The van der Waals surface area contributed by atoms with Gasteiger partial charge in [0.1, 0.15) is 0 Å². The first-order chi connectivity index (χ1) is 3.68. The van der Waals surface area contributed by atoms with Gasteiger partial charge >= 0.3 is 6.09 Å². The Kier molecular flexibility index (Phi) is 2.64. The van der Waals surface area contributed by atoms with E-state index in [-0.39, 0.29) is 6.54 Å². The van der Waals surface area contributed by atoms with Crippen LogP contribution in [0.3, 0.4) is 0 Å². The van der Waals surface area contributed by atoms with Gasteiger partial charge in [-0.15, -0.1) is 6.58 Å². The van der Waals surface area contributed by atoms with E-state index < -0.39 is 6.09 Å². The van der Waals surface area contributed by atoms with Gasteiger partial charge in [-0.3, -0.25) is 0 Å². The fraction of sp³-hybridized carbons (Fsp3) is 0.250. The van der Waals surface area contributed by atoms with Crippen LogP contribution in [0, 0.1) is 0 Å². The Balaban J connectivity index is 3.46. The number of carboxylic acid groups (broad SMARTS) is 1. The SMILES string of the molecule is C=CCN(N)C(=O)O. The van der Waals surface area contributed by atoms with Crippen LogP contribution in [0.25, 0.3) is 0 Å². The molecule has 4 heteroatoms. The number of nitrogens with zero attached hydrogens (tertiary/aromatic N) is 1. The first-order valence-corrected chi connectivity index (χ1v) is 2.04. The van der Waals surface area contributed by atoms with Gasteiger partial charge in [-0.25, -0.2) is 15.6 Å². The Morgan fingerprint density at radius 3 is 2.62 bits per heavy atom. The Labute approximate surface area is 47.2 Å². The maximum atomic E-state index is 9.84. The molecule has 46 valence electrons. The summed E-state index contributed by atoms with van der Waals surface area (Å²) in [5.41, 5.74) is 0. The molecule has 0 spiro atoms. The van der Waals surface area contributed by atoms with E-state index in [1.807, 2.05) is 0 Å². The van der Waals surface area contributed by atoms with Crippen molar-refractivity contribution in [3.8, 4) is 0 Å². The summed E-state index contributed by atoms with van der Waals surface area (Å²) in [7, 11) is 0. The van der Waals surface area contributed by atoms with Crippen molar-refractivity contribution in [3.63, 3.8) is 0 Å². The molecule has 8 heavy (non-hydrogen) atoms. The zero-order valence-corrected chi connectivity index (χ0v) is 4.37. The van der Waals surface area contributed by atoms with E-state index in [2.05, 4.69) is 6.58 Å². The maximum Gasteiger partial charge on any atom is 0.421 e. The summed E-state index contributed by atoms with van der Waals surface area (Å²) < 4.78 is 0. The molecule has 0 bridgehead atoms. The molecule has 0 unspecified atom stereocenters. The van der Waals surface area contributed by atoms with Gasteiger partial charge in [0.2, 0.25) is 0 Å². The minimum absolute atomic E-state index is 0.162. The number of hydrogen-bond donors (Lipinski definition) is 2. The topological polar surface area (TPSA) is 66.6 Å². The second-order valence-electron chi connectivity index (χ2n) is 1.22. The van der Waals surface area contributed by atoms with Crippen LogP contribution in [0.4, 0.5) is 4.79 Å². The summed E-state index contributed by atoms with van der Waals surface area (Å²) in [6, 6.07) is 0. The van der Waals surface area contributed by atoms with Gasteiger partial charge in [0.25, 0.3) is 0 Å². The van der Waals surface area contributed by atoms with Crippen molar-refractivity contribution in [2.75, 3.05) is 6.54 Å². The van der Waals surface area contributed by atoms with E-state index in [0.29, 0.717) is 5.01 Å². The second kappa shape index (κ2) is 3.04. The first-order valence-electron chi connectivity index (χ1n) is 2.04. The minimum atomic E-state index is -1.15. The van der Waals surface area contributed by atoms with Crippen molar-refractivity contribution < 1.29 is 9.90 Å². The lowest BCUT2D eigenvalue weighted by atomic mass is 10.6. The van der Waals surface area contributed by atoms with E-state index in [4.69, 9.17) is 10.9 Å². The molecular weight excluding hydrogens is 108 g/mol. The van der Waals surface area contributed by atoms with E-state index in [1.54, 1.807) is 0 Å². The van der Waals surface area contributed by atoms with Crippen LogP contribution in [0.15, 0.2) is 12.7 Å². The number of rotatable bonds is 2. The molecule has 3 N–H and O–H groups in total. The molecule has 0 radical (unpaired) electrons.